The lowest BCUT2D eigenvalue weighted by Gasteiger charge is -2.35. The highest BCUT2D eigenvalue weighted by molar-refractivity contribution is 5.84. The molecule has 104 valence electrons. The topological polar surface area (TPSA) is 45.2 Å². The van der Waals surface area contributed by atoms with Crippen molar-refractivity contribution >= 4 is 11.7 Å². The third kappa shape index (κ3) is 3.46. The Balaban J connectivity index is 1.99. The van der Waals surface area contributed by atoms with Crippen LogP contribution in [0.1, 0.15) is 38.8 Å². The average molecular weight is 261 g/mol. The lowest BCUT2D eigenvalue weighted by Crippen LogP contribution is -2.48. The summed E-state index contributed by atoms with van der Waals surface area (Å²) in [6.07, 6.45) is 3.46. The molecule has 1 amide bonds. The minimum atomic E-state index is -0.227. The van der Waals surface area contributed by atoms with Crippen LogP contribution in [0, 0.1) is 6.92 Å². The number of carbonyl (C=O) groups excluding carboxylic acids is 1. The highest BCUT2D eigenvalue weighted by Gasteiger charge is 2.26. The van der Waals surface area contributed by atoms with Gasteiger partial charge in [-0.05, 0) is 52.2 Å². The van der Waals surface area contributed by atoms with Crippen LogP contribution in [0.25, 0.3) is 0 Å². The number of anilines is 1. The second-order valence-electron chi connectivity index (χ2n) is 5.41. The van der Waals surface area contributed by atoms with Gasteiger partial charge in [0.1, 0.15) is 11.9 Å². The van der Waals surface area contributed by atoms with Crippen molar-refractivity contribution in [2.24, 2.45) is 0 Å². The fraction of sp³-hybridized carbons (Fsp3) is 0.600. The molecule has 0 radical (unpaired) electrons. The van der Waals surface area contributed by atoms with Crippen molar-refractivity contribution in [1.82, 2.24) is 9.88 Å². The van der Waals surface area contributed by atoms with Gasteiger partial charge in [0.05, 0.1) is 0 Å². The maximum Gasteiger partial charge on any atom is 0.245 e. The van der Waals surface area contributed by atoms with E-state index >= 15 is 0 Å². The second kappa shape index (κ2) is 6.04. The van der Waals surface area contributed by atoms with Crippen molar-refractivity contribution in [2.75, 3.05) is 11.9 Å². The molecule has 4 nitrogen and oxygen atoms in total. The molecule has 1 aromatic rings. The minimum absolute atomic E-state index is 0.176. The molecule has 2 rings (SSSR count). The monoisotopic (exact) mass is 261 g/mol. The van der Waals surface area contributed by atoms with E-state index in [9.17, 15) is 4.79 Å². The number of aromatic nitrogens is 1. The van der Waals surface area contributed by atoms with Gasteiger partial charge in [-0.25, -0.2) is 4.98 Å². The van der Waals surface area contributed by atoms with Crippen LogP contribution in [0.5, 0.6) is 0 Å². The fourth-order valence-electron chi connectivity index (χ4n) is 2.58. The Hall–Kier alpha value is -1.58. The number of nitrogens with zero attached hydrogens (tertiary/aromatic N) is 2. The maximum atomic E-state index is 12.4. The van der Waals surface area contributed by atoms with Crippen LogP contribution in [0.3, 0.4) is 0 Å². The molecule has 4 heteroatoms. The zero-order valence-electron chi connectivity index (χ0n) is 12.0. The number of carbonyl (C=O) groups is 1. The minimum Gasteiger partial charge on any atom is -0.359 e. The fourth-order valence-corrected chi connectivity index (χ4v) is 2.58. The maximum absolute atomic E-state index is 12.4. The number of aryl methyl sites for hydroxylation is 1. The predicted molar refractivity (Wildman–Crippen MR) is 77.1 cm³/mol. The summed E-state index contributed by atoms with van der Waals surface area (Å²) in [5, 5.41) is 3.20. The van der Waals surface area contributed by atoms with Crippen LogP contribution in [-0.4, -0.2) is 34.4 Å². The predicted octanol–water partition coefficient (Wildman–Crippen LogP) is 2.59. The van der Waals surface area contributed by atoms with E-state index in [1.165, 1.54) is 6.42 Å². The van der Waals surface area contributed by atoms with E-state index in [0.717, 1.165) is 30.9 Å². The highest BCUT2D eigenvalue weighted by atomic mass is 16.2. The first-order valence-electron chi connectivity index (χ1n) is 7.08. The molecule has 1 aliphatic heterocycles. The van der Waals surface area contributed by atoms with Gasteiger partial charge in [-0.2, -0.15) is 0 Å². The van der Waals surface area contributed by atoms with Crippen molar-refractivity contribution in [1.29, 1.82) is 0 Å². The Bertz CT molecular complexity index is 447. The molecule has 2 heterocycles. The van der Waals surface area contributed by atoms with Crippen molar-refractivity contribution < 1.29 is 4.79 Å². The third-order valence-corrected chi connectivity index (χ3v) is 3.71. The first kappa shape index (κ1) is 13.8. The molecular formula is C15H23N3O. The number of hydrogen-bond donors (Lipinski definition) is 1. The molecule has 1 aliphatic rings. The molecule has 0 unspecified atom stereocenters. The Kier molecular flexibility index (Phi) is 4.40. The van der Waals surface area contributed by atoms with Gasteiger partial charge in [-0.15, -0.1) is 0 Å². The Morgan fingerprint density at radius 2 is 2.26 bits per heavy atom. The molecule has 1 aromatic heterocycles. The Labute approximate surface area is 115 Å². The summed E-state index contributed by atoms with van der Waals surface area (Å²) in [6.45, 7) is 6.88. The van der Waals surface area contributed by atoms with E-state index in [0.29, 0.717) is 6.04 Å². The van der Waals surface area contributed by atoms with E-state index in [1.807, 2.05) is 36.9 Å². The molecular weight excluding hydrogens is 238 g/mol. The van der Waals surface area contributed by atoms with Gasteiger partial charge in [0.25, 0.3) is 0 Å². The summed E-state index contributed by atoms with van der Waals surface area (Å²) in [6, 6.07) is 5.93. The first-order chi connectivity index (χ1) is 9.08. The number of likely N-dealkylation sites (tertiary alicyclic amines) is 1. The molecule has 0 spiro atoms. The van der Waals surface area contributed by atoms with Crippen LogP contribution in [-0.2, 0) is 4.79 Å². The number of nitrogens with one attached hydrogen (secondary N) is 1. The summed E-state index contributed by atoms with van der Waals surface area (Å²) in [5.74, 6) is 0.945. The van der Waals surface area contributed by atoms with Gasteiger partial charge in [-0.1, -0.05) is 6.07 Å². The van der Waals surface area contributed by atoms with Crippen LogP contribution in [0.15, 0.2) is 18.2 Å². The van der Waals surface area contributed by atoms with Crippen molar-refractivity contribution in [3.8, 4) is 0 Å². The molecule has 19 heavy (non-hydrogen) atoms. The number of piperidine rings is 1. The lowest BCUT2D eigenvalue weighted by atomic mass is 10.0. The van der Waals surface area contributed by atoms with E-state index in [4.69, 9.17) is 0 Å². The zero-order valence-corrected chi connectivity index (χ0v) is 12.0. The average Bonchev–Trinajstić information content (AvgIpc) is 2.38. The van der Waals surface area contributed by atoms with Gasteiger partial charge in [-0.3, -0.25) is 4.79 Å². The third-order valence-electron chi connectivity index (χ3n) is 3.71. The normalized spacial score (nSPS) is 21.0. The van der Waals surface area contributed by atoms with E-state index < -0.39 is 0 Å². The highest BCUT2D eigenvalue weighted by Crippen LogP contribution is 2.18. The van der Waals surface area contributed by atoms with E-state index in [2.05, 4.69) is 17.2 Å². The van der Waals surface area contributed by atoms with Crippen LogP contribution in [0.2, 0.25) is 0 Å². The van der Waals surface area contributed by atoms with Crippen molar-refractivity contribution in [3.63, 3.8) is 0 Å². The Morgan fingerprint density at radius 3 is 2.95 bits per heavy atom. The number of hydrogen-bond acceptors (Lipinski definition) is 3. The SMILES string of the molecule is Cc1cccc(N[C@@H](C)C(=O)N2CCCC[C@H]2C)n1. The van der Waals surface area contributed by atoms with Crippen LogP contribution >= 0.6 is 0 Å². The largest absolute Gasteiger partial charge is 0.359 e. The molecule has 0 saturated carbocycles. The van der Waals surface area contributed by atoms with Crippen molar-refractivity contribution in [2.45, 2.75) is 52.1 Å². The molecule has 1 N–H and O–H groups in total. The van der Waals surface area contributed by atoms with Crippen LogP contribution < -0.4 is 5.32 Å². The summed E-state index contributed by atoms with van der Waals surface area (Å²) in [5.41, 5.74) is 0.955. The summed E-state index contributed by atoms with van der Waals surface area (Å²) < 4.78 is 0. The summed E-state index contributed by atoms with van der Waals surface area (Å²) in [4.78, 5) is 18.8. The van der Waals surface area contributed by atoms with Crippen molar-refractivity contribution in [3.05, 3.63) is 23.9 Å². The van der Waals surface area contributed by atoms with Crippen LogP contribution in [0.4, 0.5) is 5.82 Å². The van der Waals surface area contributed by atoms with Gasteiger partial charge in [0.15, 0.2) is 0 Å². The Morgan fingerprint density at radius 1 is 1.47 bits per heavy atom. The molecule has 2 atom stereocenters. The zero-order chi connectivity index (χ0) is 13.8. The lowest BCUT2D eigenvalue weighted by molar-refractivity contribution is -0.134. The summed E-state index contributed by atoms with van der Waals surface area (Å²) in [7, 11) is 0. The summed E-state index contributed by atoms with van der Waals surface area (Å²) >= 11 is 0. The quantitative estimate of drug-likeness (QED) is 0.909. The smallest absolute Gasteiger partial charge is 0.245 e. The standard InChI is InChI=1S/C15H23N3O/c1-11-7-6-9-14(16-11)17-13(3)15(19)18-10-5-4-8-12(18)2/h6-7,9,12-13H,4-5,8,10H2,1-3H3,(H,16,17)/t12-,13+/m1/s1. The molecule has 0 bridgehead atoms. The molecule has 1 fully saturated rings. The number of rotatable bonds is 3. The molecule has 1 saturated heterocycles. The number of amides is 1. The molecule has 0 aliphatic carbocycles. The van der Waals surface area contributed by atoms with E-state index in [-0.39, 0.29) is 11.9 Å². The van der Waals surface area contributed by atoms with E-state index in [1.54, 1.807) is 0 Å². The molecule has 0 aromatic carbocycles. The van der Waals surface area contributed by atoms with Gasteiger partial charge < -0.3 is 10.2 Å². The number of pyridine rings is 1. The second-order valence-corrected chi connectivity index (χ2v) is 5.41. The van der Waals surface area contributed by atoms with Gasteiger partial charge >= 0.3 is 0 Å². The van der Waals surface area contributed by atoms with Gasteiger partial charge in [0.2, 0.25) is 5.91 Å². The van der Waals surface area contributed by atoms with Gasteiger partial charge in [0, 0.05) is 18.3 Å². The first-order valence-corrected chi connectivity index (χ1v) is 7.08.